The van der Waals surface area contributed by atoms with Crippen molar-refractivity contribution in [2.24, 2.45) is 13.0 Å². The molecule has 190 valence electrons. The minimum absolute atomic E-state index is 0.0393. The zero-order chi connectivity index (χ0) is 25.7. The fourth-order valence-electron chi connectivity index (χ4n) is 5.70. The molecule has 0 saturated carbocycles. The van der Waals surface area contributed by atoms with Gasteiger partial charge in [0.25, 0.3) is 0 Å². The van der Waals surface area contributed by atoms with Gasteiger partial charge in [0.2, 0.25) is 0 Å². The normalized spacial score (nSPS) is 16.0. The molecule has 8 heteroatoms. The van der Waals surface area contributed by atoms with Gasteiger partial charge in [-0.1, -0.05) is 35.5 Å². The molecular formula is C29H32N6O2. The van der Waals surface area contributed by atoms with Gasteiger partial charge in [-0.2, -0.15) is 0 Å². The lowest BCUT2D eigenvalue weighted by atomic mass is 9.86. The first kappa shape index (κ1) is 23.8. The standard InChI is InChI=1S/C29H32N6O2/c1-18-26(34(4)33-32-18)21-16-23-25(30-17-21)22-10-11-24(29(2,3)36)31-28(22)35(23)27(19-8-6-5-7-9-19)20-12-14-37-15-13-20/h5-11,16-17,20,27,36H,12-15H2,1-4H3/t27-/m1/s1. The van der Waals surface area contributed by atoms with E-state index in [0.29, 0.717) is 11.6 Å². The topological polar surface area (TPSA) is 90.9 Å². The second-order valence-electron chi connectivity index (χ2n) is 10.5. The number of ether oxygens (including phenoxy) is 1. The van der Waals surface area contributed by atoms with Gasteiger partial charge in [-0.15, -0.1) is 5.10 Å². The van der Waals surface area contributed by atoms with Crippen molar-refractivity contribution in [2.75, 3.05) is 13.2 Å². The smallest absolute Gasteiger partial charge is 0.143 e. The van der Waals surface area contributed by atoms with Gasteiger partial charge in [0.1, 0.15) is 11.2 Å². The Kier molecular flexibility index (Phi) is 5.81. The summed E-state index contributed by atoms with van der Waals surface area (Å²) in [5, 5.41) is 20.3. The molecule has 0 radical (unpaired) electrons. The molecule has 1 atom stereocenters. The fourth-order valence-corrected chi connectivity index (χ4v) is 5.70. The molecule has 0 bridgehead atoms. The van der Waals surface area contributed by atoms with Gasteiger partial charge >= 0.3 is 0 Å². The van der Waals surface area contributed by atoms with Crippen LogP contribution in [0.15, 0.2) is 54.7 Å². The molecule has 8 nitrogen and oxygen atoms in total. The molecule has 5 heterocycles. The van der Waals surface area contributed by atoms with Crippen LogP contribution in [0, 0.1) is 12.8 Å². The molecule has 0 aliphatic carbocycles. The maximum atomic E-state index is 10.8. The van der Waals surface area contributed by atoms with Gasteiger partial charge in [-0.25, -0.2) is 9.67 Å². The Morgan fingerprint density at radius 2 is 1.84 bits per heavy atom. The van der Waals surface area contributed by atoms with Crippen molar-refractivity contribution in [1.29, 1.82) is 0 Å². The van der Waals surface area contributed by atoms with Gasteiger partial charge in [-0.05, 0) is 63.3 Å². The zero-order valence-corrected chi connectivity index (χ0v) is 21.7. The first-order valence-corrected chi connectivity index (χ1v) is 12.9. The highest BCUT2D eigenvalue weighted by atomic mass is 16.5. The number of aromatic nitrogens is 6. The Hall–Kier alpha value is -3.62. The van der Waals surface area contributed by atoms with E-state index in [9.17, 15) is 5.11 Å². The van der Waals surface area contributed by atoms with E-state index >= 15 is 0 Å². The van der Waals surface area contributed by atoms with Crippen molar-refractivity contribution in [3.63, 3.8) is 0 Å². The minimum atomic E-state index is -1.06. The highest BCUT2D eigenvalue weighted by Gasteiger charge is 2.31. The number of nitrogens with zero attached hydrogens (tertiary/aromatic N) is 6. The Labute approximate surface area is 215 Å². The number of hydrogen-bond acceptors (Lipinski definition) is 6. The number of rotatable bonds is 5. The van der Waals surface area contributed by atoms with Crippen LogP contribution < -0.4 is 0 Å². The summed E-state index contributed by atoms with van der Waals surface area (Å²) in [5.41, 5.74) is 6.30. The van der Waals surface area contributed by atoms with E-state index in [2.05, 4.69) is 51.3 Å². The lowest BCUT2D eigenvalue weighted by Gasteiger charge is -2.33. The van der Waals surface area contributed by atoms with Crippen molar-refractivity contribution in [1.82, 2.24) is 29.5 Å². The Bertz CT molecular complexity index is 1560. The highest BCUT2D eigenvalue weighted by Crippen LogP contribution is 2.41. The van der Waals surface area contributed by atoms with Crippen molar-refractivity contribution < 1.29 is 9.84 Å². The first-order chi connectivity index (χ1) is 17.8. The SMILES string of the molecule is Cc1nnn(C)c1-c1cnc2c3ccc(C(C)(C)O)nc3n([C@H](c3ccccc3)C3CCOCC3)c2c1. The van der Waals surface area contributed by atoms with Gasteiger partial charge in [0.15, 0.2) is 0 Å². The van der Waals surface area contributed by atoms with E-state index < -0.39 is 5.60 Å². The van der Waals surface area contributed by atoms with Crippen molar-refractivity contribution in [2.45, 2.75) is 45.3 Å². The minimum Gasteiger partial charge on any atom is -0.384 e. The number of pyridine rings is 2. The average molecular weight is 497 g/mol. The predicted molar refractivity (Wildman–Crippen MR) is 143 cm³/mol. The number of aryl methyl sites for hydroxylation is 2. The molecule has 0 unspecified atom stereocenters. The summed E-state index contributed by atoms with van der Waals surface area (Å²) in [6, 6.07) is 16.8. The average Bonchev–Trinajstić information content (AvgIpc) is 3.40. The second kappa shape index (κ2) is 9.04. The number of fused-ring (bicyclic) bond motifs is 3. The van der Waals surface area contributed by atoms with Crippen LogP contribution in [0.3, 0.4) is 0 Å². The summed E-state index contributed by atoms with van der Waals surface area (Å²) >= 11 is 0. The molecule has 0 spiro atoms. The summed E-state index contributed by atoms with van der Waals surface area (Å²) < 4.78 is 9.89. The molecule has 37 heavy (non-hydrogen) atoms. The largest absolute Gasteiger partial charge is 0.384 e. The molecule has 0 amide bonds. The molecule has 6 rings (SSSR count). The molecule has 1 aliphatic heterocycles. The van der Waals surface area contributed by atoms with E-state index in [4.69, 9.17) is 14.7 Å². The summed E-state index contributed by atoms with van der Waals surface area (Å²) in [4.78, 5) is 10.0. The molecule has 1 N–H and O–H groups in total. The molecule has 5 aromatic rings. The van der Waals surface area contributed by atoms with Crippen LogP contribution in [0.2, 0.25) is 0 Å². The summed E-state index contributed by atoms with van der Waals surface area (Å²) in [6.07, 6.45) is 3.82. The van der Waals surface area contributed by atoms with E-state index in [0.717, 1.165) is 65.1 Å². The molecule has 1 aromatic carbocycles. The number of benzene rings is 1. The molecule has 1 aliphatic rings. The third-order valence-electron chi connectivity index (χ3n) is 7.51. The van der Waals surface area contributed by atoms with Crippen LogP contribution in [0.1, 0.15) is 49.7 Å². The van der Waals surface area contributed by atoms with Crippen molar-refractivity contribution >= 4 is 22.1 Å². The predicted octanol–water partition coefficient (Wildman–Crippen LogP) is 4.93. The van der Waals surface area contributed by atoms with Crippen LogP contribution in [-0.4, -0.2) is 47.8 Å². The monoisotopic (exact) mass is 496 g/mol. The lowest BCUT2D eigenvalue weighted by Crippen LogP contribution is -2.27. The Balaban J connectivity index is 1.69. The van der Waals surface area contributed by atoms with E-state index in [-0.39, 0.29) is 6.04 Å². The highest BCUT2D eigenvalue weighted by molar-refractivity contribution is 6.05. The quantitative estimate of drug-likeness (QED) is 0.371. The van der Waals surface area contributed by atoms with Crippen LogP contribution in [-0.2, 0) is 17.4 Å². The summed E-state index contributed by atoms with van der Waals surface area (Å²) in [5.74, 6) is 0.367. The maximum Gasteiger partial charge on any atom is 0.143 e. The molecule has 1 saturated heterocycles. The van der Waals surface area contributed by atoms with Crippen molar-refractivity contribution in [3.8, 4) is 11.3 Å². The third kappa shape index (κ3) is 4.10. The molecule has 4 aromatic heterocycles. The van der Waals surface area contributed by atoms with Gasteiger partial charge in [-0.3, -0.25) is 4.98 Å². The van der Waals surface area contributed by atoms with E-state index in [1.165, 1.54) is 5.56 Å². The van der Waals surface area contributed by atoms with Gasteiger partial charge in [0.05, 0.1) is 34.2 Å². The number of hydrogen-bond donors (Lipinski definition) is 1. The van der Waals surface area contributed by atoms with E-state index in [1.54, 1.807) is 18.5 Å². The summed E-state index contributed by atoms with van der Waals surface area (Å²) in [6.45, 7) is 7.01. The van der Waals surface area contributed by atoms with E-state index in [1.807, 2.05) is 32.3 Å². The van der Waals surface area contributed by atoms with Crippen LogP contribution in [0.25, 0.3) is 33.3 Å². The Morgan fingerprint density at radius 3 is 2.51 bits per heavy atom. The lowest BCUT2D eigenvalue weighted by molar-refractivity contribution is 0.0551. The Morgan fingerprint density at radius 1 is 1.08 bits per heavy atom. The van der Waals surface area contributed by atoms with Crippen LogP contribution in [0.5, 0.6) is 0 Å². The zero-order valence-electron chi connectivity index (χ0n) is 21.7. The second-order valence-corrected chi connectivity index (χ2v) is 10.5. The fraction of sp³-hybridized carbons (Fsp3) is 0.379. The van der Waals surface area contributed by atoms with Crippen LogP contribution >= 0.6 is 0 Å². The van der Waals surface area contributed by atoms with Gasteiger partial charge in [0, 0.05) is 37.4 Å². The maximum absolute atomic E-state index is 10.8. The number of aliphatic hydroxyl groups is 1. The third-order valence-corrected chi connectivity index (χ3v) is 7.51. The summed E-state index contributed by atoms with van der Waals surface area (Å²) in [7, 11) is 1.90. The first-order valence-electron chi connectivity index (χ1n) is 12.9. The van der Waals surface area contributed by atoms with Crippen LogP contribution in [0.4, 0.5) is 0 Å². The van der Waals surface area contributed by atoms with Crippen molar-refractivity contribution in [3.05, 3.63) is 71.7 Å². The molecule has 1 fully saturated rings. The molecular weight excluding hydrogens is 464 g/mol. The van der Waals surface area contributed by atoms with Gasteiger partial charge < -0.3 is 14.4 Å².